The van der Waals surface area contributed by atoms with E-state index in [1.807, 2.05) is 0 Å². The van der Waals surface area contributed by atoms with Crippen molar-refractivity contribution in [3.05, 3.63) is 94.5 Å². The minimum absolute atomic E-state index is 0.113. The topological polar surface area (TPSA) is 21.7 Å². The van der Waals surface area contributed by atoms with Gasteiger partial charge in [-0.25, -0.2) is 0 Å². The van der Waals surface area contributed by atoms with E-state index >= 15 is 0 Å². The second-order valence-electron chi connectivity index (χ2n) is 10.3. The van der Waals surface area contributed by atoms with Crippen molar-refractivity contribution in [3.63, 3.8) is 0 Å². The van der Waals surface area contributed by atoms with Gasteiger partial charge in [-0.3, -0.25) is 4.90 Å². The maximum atomic E-state index is 6.47. The molecule has 3 aromatic carbocycles. The molecular formula is C32H39NO2. The molecule has 0 saturated carbocycles. The molecule has 1 aliphatic carbocycles. The molecule has 3 unspecified atom stereocenters. The van der Waals surface area contributed by atoms with Crippen LogP contribution in [-0.4, -0.2) is 31.3 Å². The van der Waals surface area contributed by atoms with Crippen molar-refractivity contribution in [3.8, 4) is 11.5 Å². The lowest BCUT2D eigenvalue weighted by Gasteiger charge is -2.34. The standard InChI is InChI=1S/C32H39NO2/c1-23-22-27(16-19-31(23)35-24(2)33-20-7-4-8-21-33)32(26-14-17-28(34-3)18-15-26)30-13-9-11-25-10-5-6-12-29(25)30/h5-6,10,12,14-19,22,24,30,32H,4,7-9,11,13,20-21H2,1-3H3. The number of rotatable bonds is 7. The summed E-state index contributed by atoms with van der Waals surface area (Å²) in [6.07, 6.45) is 7.63. The number of methoxy groups -OCH3 is 1. The lowest BCUT2D eigenvalue weighted by molar-refractivity contribution is 0.0257. The zero-order chi connectivity index (χ0) is 24.2. The van der Waals surface area contributed by atoms with Gasteiger partial charge in [-0.15, -0.1) is 0 Å². The summed E-state index contributed by atoms with van der Waals surface area (Å²) >= 11 is 0. The molecule has 184 valence electrons. The van der Waals surface area contributed by atoms with Gasteiger partial charge in [-0.2, -0.15) is 0 Å². The minimum atomic E-state index is 0.113. The van der Waals surface area contributed by atoms with Crippen LogP contribution in [0.4, 0.5) is 0 Å². The van der Waals surface area contributed by atoms with Gasteiger partial charge in [0.05, 0.1) is 7.11 Å². The van der Waals surface area contributed by atoms with E-state index in [1.165, 1.54) is 66.3 Å². The van der Waals surface area contributed by atoms with Gasteiger partial charge in [0.2, 0.25) is 0 Å². The van der Waals surface area contributed by atoms with Crippen molar-refractivity contribution < 1.29 is 9.47 Å². The van der Waals surface area contributed by atoms with Crippen LogP contribution in [0.1, 0.15) is 78.7 Å². The van der Waals surface area contributed by atoms with Crippen molar-refractivity contribution in [2.75, 3.05) is 20.2 Å². The number of ether oxygens (including phenoxy) is 2. The Bertz CT molecular complexity index is 1120. The summed E-state index contributed by atoms with van der Waals surface area (Å²) in [6, 6.07) is 24.6. The molecule has 0 spiro atoms. The Hall–Kier alpha value is -2.78. The largest absolute Gasteiger partial charge is 0.497 e. The Labute approximate surface area is 211 Å². The van der Waals surface area contributed by atoms with Crippen molar-refractivity contribution in [1.82, 2.24) is 4.90 Å². The van der Waals surface area contributed by atoms with E-state index in [0.29, 0.717) is 11.8 Å². The number of hydrogen-bond acceptors (Lipinski definition) is 3. The van der Waals surface area contributed by atoms with Crippen molar-refractivity contribution in [2.24, 2.45) is 0 Å². The quantitative estimate of drug-likeness (QED) is 0.358. The van der Waals surface area contributed by atoms with E-state index in [-0.39, 0.29) is 6.23 Å². The van der Waals surface area contributed by atoms with E-state index < -0.39 is 0 Å². The van der Waals surface area contributed by atoms with Gasteiger partial charge >= 0.3 is 0 Å². The van der Waals surface area contributed by atoms with Crippen LogP contribution in [0, 0.1) is 6.92 Å². The minimum Gasteiger partial charge on any atom is -0.497 e. The molecule has 1 aliphatic heterocycles. The molecule has 1 fully saturated rings. The maximum absolute atomic E-state index is 6.47. The summed E-state index contributed by atoms with van der Waals surface area (Å²) in [6.45, 7) is 6.66. The molecule has 3 nitrogen and oxygen atoms in total. The lowest BCUT2D eigenvalue weighted by Crippen LogP contribution is -2.40. The first-order valence-corrected chi connectivity index (χ1v) is 13.4. The molecule has 3 heteroatoms. The maximum Gasteiger partial charge on any atom is 0.149 e. The molecule has 0 N–H and O–H groups in total. The zero-order valence-corrected chi connectivity index (χ0v) is 21.5. The Kier molecular flexibility index (Phi) is 7.43. The summed E-state index contributed by atoms with van der Waals surface area (Å²) in [4.78, 5) is 2.47. The Morgan fingerprint density at radius 3 is 2.34 bits per heavy atom. The number of fused-ring (bicyclic) bond motifs is 1. The predicted molar refractivity (Wildman–Crippen MR) is 144 cm³/mol. The Morgan fingerprint density at radius 1 is 0.857 bits per heavy atom. The van der Waals surface area contributed by atoms with Crippen LogP contribution in [-0.2, 0) is 6.42 Å². The third-order valence-corrected chi connectivity index (χ3v) is 8.05. The van der Waals surface area contributed by atoms with Gasteiger partial charge in [0, 0.05) is 19.0 Å². The van der Waals surface area contributed by atoms with Crippen molar-refractivity contribution >= 4 is 0 Å². The highest BCUT2D eigenvalue weighted by Crippen LogP contribution is 2.46. The lowest BCUT2D eigenvalue weighted by atomic mass is 9.70. The van der Waals surface area contributed by atoms with E-state index in [4.69, 9.17) is 9.47 Å². The third-order valence-electron chi connectivity index (χ3n) is 8.05. The summed E-state index contributed by atoms with van der Waals surface area (Å²) in [5, 5.41) is 0. The van der Waals surface area contributed by atoms with Gasteiger partial charge in [-0.1, -0.05) is 55.0 Å². The molecule has 1 saturated heterocycles. The molecule has 2 aliphatic rings. The van der Waals surface area contributed by atoms with Gasteiger partial charge in [0.15, 0.2) is 0 Å². The molecule has 0 aromatic heterocycles. The third kappa shape index (κ3) is 5.26. The summed E-state index contributed by atoms with van der Waals surface area (Å²) in [7, 11) is 1.73. The first-order valence-electron chi connectivity index (χ1n) is 13.4. The van der Waals surface area contributed by atoms with Gasteiger partial charge in [0.1, 0.15) is 17.7 Å². The highest BCUT2D eigenvalue weighted by atomic mass is 16.5. The Balaban J connectivity index is 1.47. The summed E-state index contributed by atoms with van der Waals surface area (Å²) < 4.78 is 11.9. The molecular weight excluding hydrogens is 430 g/mol. The van der Waals surface area contributed by atoms with E-state index in [0.717, 1.165) is 24.6 Å². The van der Waals surface area contributed by atoms with Gasteiger partial charge in [-0.05, 0) is 97.9 Å². The highest BCUT2D eigenvalue weighted by Gasteiger charge is 2.30. The number of benzene rings is 3. The average Bonchev–Trinajstić information content (AvgIpc) is 2.91. The molecule has 35 heavy (non-hydrogen) atoms. The van der Waals surface area contributed by atoms with Gasteiger partial charge < -0.3 is 9.47 Å². The van der Waals surface area contributed by atoms with Crippen LogP contribution in [0.15, 0.2) is 66.7 Å². The molecule has 5 rings (SSSR count). The van der Waals surface area contributed by atoms with E-state index in [1.54, 1.807) is 7.11 Å². The second-order valence-corrected chi connectivity index (χ2v) is 10.3. The first kappa shape index (κ1) is 23.9. The van der Waals surface area contributed by atoms with Crippen LogP contribution in [0.25, 0.3) is 0 Å². The van der Waals surface area contributed by atoms with E-state index in [2.05, 4.69) is 85.5 Å². The molecule has 3 aromatic rings. The fourth-order valence-electron chi connectivity index (χ4n) is 6.14. The molecule has 0 radical (unpaired) electrons. The van der Waals surface area contributed by atoms with Crippen LogP contribution in [0.5, 0.6) is 11.5 Å². The van der Waals surface area contributed by atoms with Crippen molar-refractivity contribution in [2.45, 2.75) is 70.4 Å². The van der Waals surface area contributed by atoms with Crippen LogP contribution in [0.3, 0.4) is 0 Å². The van der Waals surface area contributed by atoms with Crippen LogP contribution in [0.2, 0.25) is 0 Å². The van der Waals surface area contributed by atoms with Crippen LogP contribution < -0.4 is 9.47 Å². The first-order chi connectivity index (χ1) is 17.1. The molecule has 1 heterocycles. The van der Waals surface area contributed by atoms with E-state index in [9.17, 15) is 0 Å². The highest BCUT2D eigenvalue weighted by molar-refractivity contribution is 5.46. The number of piperidine rings is 1. The second kappa shape index (κ2) is 10.9. The monoisotopic (exact) mass is 469 g/mol. The number of aryl methyl sites for hydroxylation is 2. The summed E-state index contributed by atoms with van der Waals surface area (Å²) in [5.41, 5.74) is 6.95. The number of hydrogen-bond donors (Lipinski definition) is 0. The number of likely N-dealkylation sites (tertiary alicyclic amines) is 1. The molecule has 0 bridgehead atoms. The smallest absolute Gasteiger partial charge is 0.149 e. The SMILES string of the molecule is COc1ccc(C(c2ccc(OC(C)N3CCCCC3)c(C)c2)C2CCCc3ccccc32)cc1. The number of nitrogens with zero attached hydrogens (tertiary/aromatic N) is 1. The molecule has 3 atom stereocenters. The van der Waals surface area contributed by atoms with Gasteiger partial charge in [0.25, 0.3) is 0 Å². The predicted octanol–water partition coefficient (Wildman–Crippen LogP) is 7.47. The molecule has 0 amide bonds. The van der Waals surface area contributed by atoms with Crippen LogP contribution >= 0.6 is 0 Å². The summed E-state index contributed by atoms with van der Waals surface area (Å²) in [5.74, 6) is 2.67. The van der Waals surface area contributed by atoms with Crippen molar-refractivity contribution in [1.29, 1.82) is 0 Å². The fraction of sp³-hybridized carbons (Fsp3) is 0.438. The fourth-order valence-corrected chi connectivity index (χ4v) is 6.14. The zero-order valence-electron chi connectivity index (χ0n) is 21.5. The normalized spacial score (nSPS) is 20.0. The average molecular weight is 470 g/mol. The Morgan fingerprint density at radius 2 is 1.60 bits per heavy atom.